The summed E-state index contributed by atoms with van der Waals surface area (Å²) in [5.74, 6) is 0.574. The molecule has 1 saturated heterocycles. The molecule has 0 bridgehead atoms. The first-order valence-corrected chi connectivity index (χ1v) is 7.52. The fourth-order valence-electron chi connectivity index (χ4n) is 3.00. The highest BCUT2D eigenvalue weighted by molar-refractivity contribution is 5.76. The van der Waals surface area contributed by atoms with Gasteiger partial charge in [-0.2, -0.15) is 0 Å². The molecule has 21 heavy (non-hydrogen) atoms. The highest BCUT2D eigenvalue weighted by Crippen LogP contribution is 2.19. The Morgan fingerprint density at radius 2 is 2.00 bits per heavy atom. The highest BCUT2D eigenvalue weighted by atomic mass is 16.5. The van der Waals surface area contributed by atoms with Crippen LogP contribution in [0.1, 0.15) is 19.8 Å². The van der Waals surface area contributed by atoms with E-state index in [1.165, 1.54) is 0 Å². The van der Waals surface area contributed by atoms with Gasteiger partial charge in [-0.1, -0.05) is 12.1 Å². The van der Waals surface area contributed by atoms with Crippen molar-refractivity contribution in [3.63, 3.8) is 0 Å². The normalized spacial score (nSPS) is 16.6. The summed E-state index contributed by atoms with van der Waals surface area (Å²) in [4.78, 5) is 19.4. The topological polar surface area (TPSA) is 47.4 Å². The van der Waals surface area contributed by atoms with Crippen molar-refractivity contribution in [3.05, 3.63) is 34.6 Å². The number of hydrogen-bond acceptors (Lipinski definition) is 4. The predicted molar refractivity (Wildman–Crippen MR) is 83.9 cm³/mol. The van der Waals surface area contributed by atoms with Gasteiger partial charge in [0.15, 0.2) is 5.82 Å². The molecule has 1 aliphatic heterocycles. The summed E-state index contributed by atoms with van der Waals surface area (Å²) in [5, 5.41) is 0. The van der Waals surface area contributed by atoms with Gasteiger partial charge in [-0.25, -0.2) is 4.98 Å². The van der Waals surface area contributed by atoms with Crippen LogP contribution in [0.25, 0.3) is 11.0 Å². The number of piperidine rings is 1. The Labute approximate surface area is 124 Å². The molecule has 0 radical (unpaired) electrons. The molecule has 0 N–H and O–H groups in total. The molecule has 1 fully saturated rings. The van der Waals surface area contributed by atoms with E-state index >= 15 is 0 Å². The fraction of sp³-hybridized carbons (Fsp3) is 0.500. The van der Waals surface area contributed by atoms with Crippen LogP contribution in [0.15, 0.2) is 29.1 Å². The van der Waals surface area contributed by atoms with Gasteiger partial charge in [0.25, 0.3) is 5.56 Å². The molecule has 1 aromatic carbocycles. The molecule has 1 aliphatic rings. The number of nitrogens with zero attached hydrogens (tertiary/aromatic N) is 3. The number of anilines is 1. The predicted octanol–water partition coefficient (Wildman–Crippen LogP) is 2.03. The van der Waals surface area contributed by atoms with Crippen LogP contribution < -0.4 is 10.5 Å². The van der Waals surface area contributed by atoms with Crippen LogP contribution in [0.5, 0.6) is 0 Å². The summed E-state index contributed by atoms with van der Waals surface area (Å²) in [6.45, 7) is 4.30. The van der Waals surface area contributed by atoms with E-state index in [1.807, 2.05) is 31.2 Å². The Kier molecular flexibility index (Phi) is 3.92. The maximum atomic E-state index is 12.7. The van der Waals surface area contributed by atoms with Gasteiger partial charge >= 0.3 is 0 Å². The second-order valence-corrected chi connectivity index (χ2v) is 5.40. The van der Waals surface area contributed by atoms with Crippen molar-refractivity contribution < 1.29 is 4.74 Å². The lowest BCUT2D eigenvalue weighted by Crippen LogP contribution is -2.41. The molecular weight excluding hydrogens is 266 g/mol. The van der Waals surface area contributed by atoms with Gasteiger partial charge in [-0.3, -0.25) is 4.79 Å². The number of fused-ring (bicyclic) bond motifs is 1. The van der Waals surface area contributed by atoms with Crippen LogP contribution in [0, 0.1) is 0 Å². The van der Waals surface area contributed by atoms with Crippen LogP contribution in [-0.4, -0.2) is 35.9 Å². The van der Waals surface area contributed by atoms with Crippen LogP contribution in [-0.2, 0) is 11.3 Å². The average Bonchev–Trinajstić information content (AvgIpc) is 2.54. The zero-order valence-electron chi connectivity index (χ0n) is 12.6. The third-order valence-corrected chi connectivity index (χ3v) is 4.23. The van der Waals surface area contributed by atoms with Crippen molar-refractivity contribution in [2.24, 2.45) is 0 Å². The monoisotopic (exact) mass is 287 g/mol. The first kappa shape index (κ1) is 14.1. The maximum absolute atomic E-state index is 12.7. The summed E-state index contributed by atoms with van der Waals surface area (Å²) in [6.07, 6.45) is 2.18. The third kappa shape index (κ3) is 2.53. The Morgan fingerprint density at radius 1 is 1.29 bits per heavy atom. The van der Waals surface area contributed by atoms with Gasteiger partial charge in [0.05, 0.1) is 17.1 Å². The van der Waals surface area contributed by atoms with Crippen molar-refractivity contribution in [2.45, 2.75) is 32.4 Å². The van der Waals surface area contributed by atoms with E-state index in [9.17, 15) is 4.79 Å². The second kappa shape index (κ2) is 5.85. The van der Waals surface area contributed by atoms with Crippen LogP contribution >= 0.6 is 0 Å². The summed E-state index contributed by atoms with van der Waals surface area (Å²) in [6, 6.07) is 7.82. The van der Waals surface area contributed by atoms with Gasteiger partial charge in [0, 0.05) is 26.7 Å². The molecule has 3 rings (SSSR count). The van der Waals surface area contributed by atoms with E-state index in [-0.39, 0.29) is 5.56 Å². The molecule has 0 unspecified atom stereocenters. The summed E-state index contributed by atoms with van der Waals surface area (Å²) < 4.78 is 7.20. The zero-order valence-corrected chi connectivity index (χ0v) is 12.6. The number of methoxy groups -OCH3 is 1. The van der Waals surface area contributed by atoms with Gasteiger partial charge in [0.1, 0.15) is 0 Å². The fourth-order valence-corrected chi connectivity index (χ4v) is 3.00. The molecule has 5 nitrogen and oxygen atoms in total. The van der Waals surface area contributed by atoms with Crippen LogP contribution in [0.4, 0.5) is 5.82 Å². The molecule has 0 aliphatic carbocycles. The quantitative estimate of drug-likeness (QED) is 0.866. The van der Waals surface area contributed by atoms with Crippen molar-refractivity contribution in [3.8, 4) is 0 Å². The lowest BCUT2D eigenvalue weighted by Gasteiger charge is -2.31. The number of aryl methyl sites for hydroxylation is 1. The molecule has 0 amide bonds. The smallest absolute Gasteiger partial charge is 0.293 e. The van der Waals surface area contributed by atoms with Gasteiger partial charge in [-0.15, -0.1) is 0 Å². The number of aromatic nitrogens is 2. The minimum Gasteiger partial charge on any atom is -0.381 e. The minimum absolute atomic E-state index is 0.00654. The van der Waals surface area contributed by atoms with Crippen molar-refractivity contribution in [1.82, 2.24) is 9.55 Å². The van der Waals surface area contributed by atoms with E-state index < -0.39 is 0 Å². The van der Waals surface area contributed by atoms with Crippen molar-refractivity contribution in [2.75, 3.05) is 25.1 Å². The van der Waals surface area contributed by atoms with E-state index in [2.05, 4.69) is 9.88 Å². The van der Waals surface area contributed by atoms with Gasteiger partial charge in [-0.05, 0) is 31.9 Å². The molecule has 0 atom stereocenters. The van der Waals surface area contributed by atoms with Crippen molar-refractivity contribution in [1.29, 1.82) is 0 Å². The van der Waals surface area contributed by atoms with Gasteiger partial charge in [0.2, 0.25) is 0 Å². The highest BCUT2D eigenvalue weighted by Gasteiger charge is 2.23. The van der Waals surface area contributed by atoms with E-state index in [1.54, 1.807) is 11.7 Å². The molecule has 0 spiro atoms. The van der Waals surface area contributed by atoms with E-state index in [4.69, 9.17) is 4.74 Å². The zero-order chi connectivity index (χ0) is 14.8. The molecule has 2 heterocycles. The average molecular weight is 287 g/mol. The lowest BCUT2D eigenvalue weighted by molar-refractivity contribution is 0.0817. The molecule has 2 aromatic rings. The van der Waals surface area contributed by atoms with Crippen LogP contribution in [0.2, 0.25) is 0 Å². The first-order valence-electron chi connectivity index (χ1n) is 7.52. The lowest BCUT2D eigenvalue weighted by atomic mass is 10.1. The third-order valence-electron chi connectivity index (χ3n) is 4.23. The Morgan fingerprint density at radius 3 is 2.67 bits per heavy atom. The molecule has 0 saturated carbocycles. The van der Waals surface area contributed by atoms with E-state index in [0.717, 1.165) is 37.0 Å². The Hall–Kier alpha value is -1.88. The number of hydrogen-bond donors (Lipinski definition) is 0. The molecular formula is C16H21N3O2. The van der Waals surface area contributed by atoms with E-state index in [0.29, 0.717) is 18.5 Å². The second-order valence-electron chi connectivity index (χ2n) is 5.40. The number of rotatable bonds is 3. The summed E-state index contributed by atoms with van der Waals surface area (Å²) >= 11 is 0. The van der Waals surface area contributed by atoms with Crippen molar-refractivity contribution >= 4 is 16.9 Å². The SMILES string of the molecule is CCn1c(=O)c(N2CCC(OC)CC2)nc2ccccc21. The molecule has 1 aromatic heterocycles. The first-order chi connectivity index (χ1) is 10.2. The Balaban J connectivity index is 2.03. The number of benzene rings is 1. The Bertz CT molecular complexity index is 687. The van der Waals surface area contributed by atoms with Crippen LogP contribution in [0.3, 0.4) is 0 Å². The summed E-state index contributed by atoms with van der Waals surface area (Å²) in [5.41, 5.74) is 1.79. The minimum atomic E-state index is 0.00654. The maximum Gasteiger partial charge on any atom is 0.293 e. The standard InChI is InChI=1S/C16H21N3O2/c1-3-19-14-7-5-4-6-13(14)17-15(16(19)20)18-10-8-12(21-2)9-11-18/h4-7,12H,3,8-11H2,1-2H3. The largest absolute Gasteiger partial charge is 0.381 e. The number of ether oxygens (including phenoxy) is 1. The summed E-state index contributed by atoms with van der Waals surface area (Å²) in [7, 11) is 1.75. The molecule has 5 heteroatoms. The van der Waals surface area contributed by atoms with Gasteiger partial charge < -0.3 is 14.2 Å². The number of para-hydroxylation sites is 2. The molecule has 112 valence electrons.